The van der Waals surface area contributed by atoms with Crippen LogP contribution in [-0.2, 0) is 19.8 Å². The summed E-state index contributed by atoms with van der Waals surface area (Å²) < 4.78 is 5.22. The van der Waals surface area contributed by atoms with Crippen molar-refractivity contribution in [1.29, 1.82) is 0 Å². The van der Waals surface area contributed by atoms with E-state index in [1.54, 1.807) is 0 Å². The van der Waals surface area contributed by atoms with Crippen LogP contribution in [0.15, 0.2) is 48.1 Å². The number of allylic oxidation sites excluding steroid dienone is 2. The lowest BCUT2D eigenvalue weighted by Gasteiger charge is -2.42. The number of Topliss-reactive ketones (excluding diaryl/α,β-unsaturated/α-hetero) is 1. The Morgan fingerprint density at radius 2 is 1.61 bits per heavy atom. The van der Waals surface area contributed by atoms with Crippen LogP contribution in [0.4, 0.5) is 0 Å². The molecule has 2 rings (SSSR count). The molecule has 1 aliphatic rings. The molecule has 1 aromatic rings. The van der Waals surface area contributed by atoms with Crippen molar-refractivity contribution in [3.63, 3.8) is 0 Å². The summed E-state index contributed by atoms with van der Waals surface area (Å²) in [7, 11) is 0. The summed E-state index contributed by atoms with van der Waals surface area (Å²) in [5.74, 6) is -2.18. The first-order chi connectivity index (χ1) is 13.0. The van der Waals surface area contributed by atoms with Crippen molar-refractivity contribution in [2.24, 2.45) is 0 Å². The molecule has 0 saturated heterocycles. The van der Waals surface area contributed by atoms with Gasteiger partial charge in [0.2, 0.25) is 0 Å². The molecule has 0 fully saturated rings. The van der Waals surface area contributed by atoms with Crippen molar-refractivity contribution < 1.29 is 39.5 Å². The van der Waals surface area contributed by atoms with Gasteiger partial charge in [-0.05, 0) is 44.5 Å². The van der Waals surface area contributed by atoms with Crippen LogP contribution in [-0.4, -0.2) is 57.0 Å². The normalized spacial score (nSPS) is 23.1. The number of ether oxygens (including phenoxy) is 1. The molecule has 0 amide bonds. The number of carbonyl (C=O) groups excluding carboxylic acids is 1. The molecule has 1 aromatic carbocycles. The van der Waals surface area contributed by atoms with E-state index in [2.05, 4.69) is 0 Å². The minimum Gasteiger partial charge on any atom is -0.491 e. The number of carboxylic acid groups (broad SMARTS) is 2. The van der Waals surface area contributed by atoms with Crippen molar-refractivity contribution in [2.75, 3.05) is 13.2 Å². The van der Waals surface area contributed by atoms with Crippen molar-refractivity contribution in [2.45, 2.75) is 31.8 Å². The fourth-order valence-corrected chi connectivity index (χ4v) is 2.86. The summed E-state index contributed by atoms with van der Waals surface area (Å²) in [5.41, 5.74) is -4.31. The van der Waals surface area contributed by atoms with Crippen LogP contribution >= 0.6 is 0 Å². The number of hydrogen-bond donors (Lipinski definition) is 4. The second-order valence-electron chi connectivity index (χ2n) is 6.43. The summed E-state index contributed by atoms with van der Waals surface area (Å²) in [6.07, 6.45) is 3.76. The third-order valence-electron chi connectivity index (χ3n) is 4.14. The van der Waals surface area contributed by atoms with Gasteiger partial charge in [0.25, 0.3) is 0 Å². The van der Waals surface area contributed by atoms with Crippen LogP contribution in [0, 0.1) is 0 Å². The van der Waals surface area contributed by atoms with Gasteiger partial charge in [-0.25, -0.2) is 4.79 Å². The predicted octanol–water partition coefficient (Wildman–Crippen LogP) is 1.31. The molecular formula is C20H24O8. The number of aliphatic hydroxyl groups excluding tert-OH is 1. The average molecular weight is 392 g/mol. The van der Waals surface area contributed by atoms with E-state index in [4.69, 9.17) is 9.84 Å². The van der Waals surface area contributed by atoms with Crippen LogP contribution in [0.1, 0.15) is 26.3 Å². The second-order valence-corrected chi connectivity index (χ2v) is 6.43. The molecule has 0 radical (unpaired) electrons. The average Bonchev–Trinajstić information content (AvgIpc) is 2.59. The fourth-order valence-electron chi connectivity index (χ4n) is 2.86. The van der Waals surface area contributed by atoms with E-state index in [-0.39, 0.29) is 24.6 Å². The predicted molar refractivity (Wildman–Crippen MR) is 100 cm³/mol. The Hall–Kier alpha value is -2.97. The highest BCUT2D eigenvalue weighted by molar-refractivity contribution is 5.96. The van der Waals surface area contributed by atoms with Gasteiger partial charge in [0, 0.05) is 0 Å². The van der Waals surface area contributed by atoms with Gasteiger partial charge in [-0.15, -0.1) is 0 Å². The number of hydrogen-bond acceptors (Lipinski definition) is 6. The molecule has 4 N–H and O–H groups in total. The Bertz CT molecular complexity index is 785. The number of aliphatic carboxylic acids is 2. The van der Waals surface area contributed by atoms with E-state index in [1.807, 2.05) is 0 Å². The Morgan fingerprint density at radius 3 is 2.04 bits per heavy atom. The Morgan fingerprint density at radius 1 is 1.07 bits per heavy atom. The van der Waals surface area contributed by atoms with Gasteiger partial charge >= 0.3 is 11.9 Å². The largest absolute Gasteiger partial charge is 0.491 e. The third-order valence-corrected chi connectivity index (χ3v) is 4.14. The van der Waals surface area contributed by atoms with Crippen LogP contribution in [0.2, 0.25) is 0 Å². The monoisotopic (exact) mass is 392 g/mol. The van der Waals surface area contributed by atoms with Gasteiger partial charge in [0.15, 0.2) is 0 Å². The van der Waals surface area contributed by atoms with E-state index in [0.717, 1.165) is 0 Å². The van der Waals surface area contributed by atoms with E-state index in [9.17, 15) is 29.7 Å². The molecule has 0 saturated carbocycles. The molecule has 8 nitrogen and oxygen atoms in total. The smallest absolute Gasteiger partial charge is 0.334 e. The van der Waals surface area contributed by atoms with Gasteiger partial charge in [-0.3, -0.25) is 4.79 Å². The van der Waals surface area contributed by atoms with Crippen molar-refractivity contribution >= 4 is 17.7 Å². The highest BCUT2D eigenvalue weighted by Gasteiger charge is 2.57. The number of carboxylic acids is 2. The zero-order valence-electron chi connectivity index (χ0n) is 15.9. The molecule has 28 heavy (non-hydrogen) atoms. The summed E-state index contributed by atoms with van der Waals surface area (Å²) in [6, 6.07) is 5.89. The maximum absolute atomic E-state index is 12.0. The zero-order valence-corrected chi connectivity index (χ0v) is 15.9. The van der Waals surface area contributed by atoms with Crippen LogP contribution in [0.5, 0.6) is 5.75 Å². The van der Waals surface area contributed by atoms with Crippen molar-refractivity contribution in [1.82, 2.24) is 0 Å². The number of carbonyl (C=O) groups is 3. The van der Waals surface area contributed by atoms with Gasteiger partial charge in [0.05, 0.1) is 12.2 Å². The Kier molecular flexibility index (Phi) is 7.66. The highest BCUT2D eigenvalue weighted by Crippen LogP contribution is 2.44. The quantitative estimate of drug-likeness (QED) is 0.568. The zero-order chi connectivity index (χ0) is 21.5. The van der Waals surface area contributed by atoms with Gasteiger partial charge in [0.1, 0.15) is 29.2 Å². The molecular weight excluding hydrogens is 368 g/mol. The van der Waals surface area contributed by atoms with Crippen molar-refractivity contribution in [3.8, 4) is 5.75 Å². The van der Waals surface area contributed by atoms with Crippen LogP contribution in [0.3, 0.4) is 0 Å². The van der Waals surface area contributed by atoms with Gasteiger partial charge < -0.3 is 30.0 Å². The lowest BCUT2D eigenvalue weighted by atomic mass is 9.62. The molecule has 0 spiro atoms. The molecule has 0 heterocycles. The Balaban J connectivity index is 0.000000892. The minimum absolute atomic E-state index is 0.0902. The number of aliphatic hydroxyl groups is 2. The van der Waals surface area contributed by atoms with E-state index >= 15 is 0 Å². The highest BCUT2D eigenvalue weighted by atomic mass is 16.5. The molecule has 2 atom stereocenters. The van der Waals surface area contributed by atoms with Gasteiger partial charge in [-0.1, -0.05) is 24.3 Å². The standard InChI is InChI=1S/C17H18O7.C3H6O/c1-16(23)13(14(19)20)3-2-8-17(16,15(21)22)11-4-6-12(7-5-11)24-10-9-18;1-3(2)4/h2-8,18,23H,9-10H2,1H3,(H,19,20)(H,21,22);1-2H3. The summed E-state index contributed by atoms with van der Waals surface area (Å²) in [5, 5.41) is 38.6. The second kappa shape index (κ2) is 9.29. The number of rotatable bonds is 6. The van der Waals surface area contributed by atoms with E-state index < -0.39 is 28.5 Å². The molecule has 1 aliphatic carbocycles. The lowest BCUT2D eigenvalue weighted by Crippen LogP contribution is -2.57. The lowest BCUT2D eigenvalue weighted by molar-refractivity contribution is -0.151. The van der Waals surface area contributed by atoms with Crippen LogP contribution < -0.4 is 4.74 Å². The molecule has 0 aliphatic heterocycles. The molecule has 152 valence electrons. The summed E-state index contributed by atoms with van der Waals surface area (Å²) in [6.45, 7) is 4.15. The summed E-state index contributed by atoms with van der Waals surface area (Å²) in [4.78, 5) is 32.9. The minimum atomic E-state index is -2.16. The first-order valence-corrected chi connectivity index (χ1v) is 8.41. The SMILES string of the molecule is CC(C)=O.CC1(O)C(C(=O)O)=CC=CC1(C(=O)O)c1ccc(OCCO)cc1. The molecule has 2 unspecified atom stereocenters. The van der Waals surface area contributed by atoms with E-state index in [1.165, 1.54) is 63.3 Å². The topological polar surface area (TPSA) is 141 Å². The fraction of sp³-hybridized carbons (Fsp3) is 0.350. The first-order valence-electron chi connectivity index (χ1n) is 8.41. The van der Waals surface area contributed by atoms with Crippen molar-refractivity contribution in [3.05, 3.63) is 53.6 Å². The molecule has 0 aromatic heterocycles. The third kappa shape index (κ3) is 4.65. The molecule has 0 bridgehead atoms. The number of ketones is 1. The first kappa shape index (κ1) is 23.1. The summed E-state index contributed by atoms with van der Waals surface area (Å²) >= 11 is 0. The molecule has 8 heteroatoms. The van der Waals surface area contributed by atoms with Gasteiger partial charge in [-0.2, -0.15) is 0 Å². The van der Waals surface area contributed by atoms with Crippen LogP contribution in [0.25, 0.3) is 0 Å². The Labute approximate surface area is 162 Å². The maximum Gasteiger partial charge on any atom is 0.334 e. The number of benzene rings is 1. The maximum atomic E-state index is 12.0. The van der Waals surface area contributed by atoms with E-state index in [0.29, 0.717) is 5.75 Å².